The highest BCUT2D eigenvalue weighted by atomic mass is 32.2. The van der Waals surface area contributed by atoms with Gasteiger partial charge in [0.1, 0.15) is 28.9 Å². The van der Waals surface area contributed by atoms with E-state index in [1.165, 1.54) is 51.6 Å². The Labute approximate surface area is 842 Å². The smallest absolute Gasteiger partial charge is 0.251 e. The van der Waals surface area contributed by atoms with Crippen LogP contribution in [0.5, 0.6) is 23.0 Å². The fourth-order valence-electron chi connectivity index (χ4n) is 18.2. The van der Waals surface area contributed by atoms with E-state index >= 15 is 28.8 Å². The number of primary amides is 1. The molecular weight excluding hydrogens is 1830 g/mol. The van der Waals surface area contributed by atoms with Crippen LogP contribution in [-0.4, -0.2) is 214 Å². The summed E-state index contributed by atoms with van der Waals surface area (Å²) in [5.74, 6) is -3.13. The first kappa shape index (κ1) is 109. The molecule has 0 saturated heterocycles. The molecule has 8 aromatic carbocycles. The van der Waals surface area contributed by atoms with Gasteiger partial charge in [-0.2, -0.15) is 11.8 Å². The number of hydrogen-bond acceptors (Lipinski definition) is 20. The Morgan fingerprint density at radius 3 is 1.79 bits per heavy atom. The van der Waals surface area contributed by atoms with Gasteiger partial charge in [-0.1, -0.05) is 180 Å². The summed E-state index contributed by atoms with van der Waals surface area (Å²) in [6, 6.07) is 52.9. The molecule has 0 fully saturated rings. The van der Waals surface area contributed by atoms with Crippen LogP contribution in [-0.2, 0) is 85.8 Å². The molecule has 4 aliphatic heterocycles. The molecule has 143 heavy (non-hydrogen) atoms. The van der Waals surface area contributed by atoms with E-state index in [9.17, 15) is 28.8 Å². The average molecular weight is 1970 g/mol. The molecule has 2 bridgehead atoms. The van der Waals surface area contributed by atoms with Crippen LogP contribution in [0, 0.1) is 19.8 Å². The molecule has 0 radical (unpaired) electrons. The van der Waals surface area contributed by atoms with Crippen molar-refractivity contribution in [1.29, 1.82) is 0 Å². The van der Waals surface area contributed by atoms with Crippen molar-refractivity contribution in [2.24, 2.45) is 23.1 Å². The average Bonchev–Trinajstić information content (AvgIpc) is 0.958. The number of nitrogens with one attached hydrogen (secondary N) is 6. The van der Waals surface area contributed by atoms with Crippen molar-refractivity contribution in [1.82, 2.24) is 51.5 Å². The van der Waals surface area contributed by atoms with E-state index in [-0.39, 0.29) is 128 Å². The van der Waals surface area contributed by atoms with Crippen LogP contribution >= 0.6 is 11.8 Å². The van der Waals surface area contributed by atoms with Crippen LogP contribution in [0.2, 0.25) is 0 Å². The van der Waals surface area contributed by atoms with E-state index in [2.05, 4.69) is 69.7 Å². The molecule has 31 heteroatoms. The number of nitrogens with zero attached hydrogens (tertiary/aromatic N) is 4. The Bertz CT molecular complexity index is 6070. The predicted molar refractivity (Wildman–Crippen MR) is 559 cm³/mol. The van der Waals surface area contributed by atoms with Gasteiger partial charge in [0.2, 0.25) is 65.9 Å². The number of thioether (sulfide) groups is 1. The zero-order chi connectivity index (χ0) is 101. The Balaban J connectivity index is 0.0000195. The van der Waals surface area contributed by atoms with Gasteiger partial charge in [-0.3, -0.25) is 57.5 Å². The van der Waals surface area contributed by atoms with Crippen LogP contribution < -0.4 is 73.5 Å². The van der Waals surface area contributed by atoms with Crippen molar-refractivity contribution in [3.63, 3.8) is 0 Å². The van der Waals surface area contributed by atoms with Gasteiger partial charge in [0.15, 0.2) is 16.9 Å². The van der Waals surface area contributed by atoms with Gasteiger partial charge < -0.3 is 92.1 Å². The molecule has 30 nitrogen and oxygen atoms in total. The number of carbonyl (C=O) groups excluding carboxylic acids is 11. The van der Waals surface area contributed by atoms with E-state index in [1.807, 2.05) is 124 Å². The summed E-state index contributed by atoms with van der Waals surface area (Å²) in [4.78, 5) is 180. The van der Waals surface area contributed by atoms with E-state index in [0.717, 1.165) is 85.5 Å². The molecule has 0 saturated carbocycles. The molecule has 0 spiro atoms. The minimum absolute atomic E-state index is 0. The fourth-order valence-corrected chi connectivity index (χ4v) is 19.1. The summed E-state index contributed by atoms with van der Waals surface area (Å²) in [5.41, 5.74) is 29.4. The number of nitrogens with two attached hydrogens (primary N) is 3. The first-order valence-corrected chi connectivity index (χ1v) is 50.2. The number of rotatable bonds is 36. The van der Waals surface area contributed by atoms with Gasteiger partial charge in [-0.15, -0.1) is 0 Å². The second-order valence-electron chi connectivity index (χ2n) is 37.5. The zero-order valence-electron chi connectivity index (χ0n) is 82.3. The van der Waals surface area contributed by atoms with E-state index in [1.54, 1.807) is 54.6 Å². The summed E-state index contributed by atoms with van der Waals surface area (Å²) in [6.45, 7) is 9.96. The summed E-state index contributed by atoms with van der Waals surface area (Å²) in [5, 5.41) is 20.9. The standard InChI is InChI=1S/C111H135N13O17S.CH4/c1-72(2)48-87-64-123(108(134)59-81-54-90(137-6)61-91(55-81)138-7)69-104(130)118-88(53-76-21-11-9-12-22-76)65-124(106(132)57-79-31-34-82-23-14-15-24-84(82)52-79)68-103(129)117-86(26-17-19-45-113)63-122(107(133)58-80-33-41-96-99(56-80)140-71-139-96)67-102(128)116-85(25-16-18-44-112)62-121(105(131)43-47-142-70-77-29-35-83(36-30-77)111(136)119-87)66-101(127)115-46-42-100(126)120-95(110(114)135)27-13-8-10-20-73(3)49-78-32-39-92(75(5)51-78)109-93-38-28-74(4)50-97(93)141-98-60-89(125)37-40-94(98)109;/h9,11-12,14-15,21-24,28-41,50-52,54-56,60-61,72,85-88,95H,3,8,10,13,16-20,25-27,42-49,53,57-59,62-71,112-113H2,1-2,4-7H3,(H2,114,135)(H,115,127)(H,116,128)(H,117,129)(H,118,130)(H,119,136)(H,120,126);1H4/t85-,86-,87-,88?,95?;/m0./s1. The van der Waals surface area contributed by atoms with Crippen molar-refractivity contribution < 1.29 is 76.1 Å². The lowest BCUT2D eigenvalue weighted by atomic mass is 9.89. The van der Waals surface area contributed by atoms with Crippen molar-refractivity contribution in [3.05, 3.63) is 261 Å². The topological polar surface area (TPSA) is 418 Å². The monoisotopic (exact) mass is 1970 g/mol. The summed E-state index contributed by atoms with van der Waals surface area (Å²) in [7, 11) is 2.99. The number of benzene rings is 9. The van der Waals surface area contributed by atoms with Gasteiger partial charge in [-0.25, -0.2) is 0 Å². The molecule has 4 heterocycles. The molecule has 1 aliphatic carbocycles. The van der Waals surface area contributed by atoms with Crippen molar-refractivity contribution in [2.45, 2.75) is 193 Å². The highest BCUT2D eigenvalue weighted by molar-refractivity contribution is 7.98. The summed E-state index contributed by atoms with van der Waals surface area (Å²) in [6.07, 6.45) is 5.81. The molecule has 12 N–H and O–H groups in total. The van der Waals surface area contributed by atoms with Crippen LogP contribution in [0.3, 0.4) is 0 Å². The lowest BCUT2D eigenvalue weighted by Crippen LogP contribution is -2.55. The molecule has 0 aromatic heterocycles. The Morgan fingerprint density at radius 2 is 1.14 bits per heavy atom. The number of methoxy groups -OCH3 is 2. The van der Waals surface area contributed by atoms with Gasteiger partial charge in [-0.05, 0) is 213 Å². The van der Waals surface area contributed by atoms with E-state index < -0.39 is 121 Å². The number of amides is 11. The molecule has 8 aromatic rings. The van der Waals surface area contributed by atoms with Crippen LogP contribution in [0.4, 0.5) is 0 Å². The van der Waals surface area contributed by atoms with Crippen LogP contribution in [0.1, 0.15) is 166 Å². The van der Waals surface area contributed by atoms with E-state index in [4.69, 9.17) is 40.6 Å². The molecule has 5 aliphatic rings. The number of ether oxygens (including phenoxy) is 4. The normalized spacial score (nSPS) is 16.4. The van der Waals surface area contributed by atoms with Crippen molar-refractivity contribution in [3.8, 4) is 45.4 Å². The quantitative estimate of drug-likeness (QED) is 0.00762. The number of hydrogen-bond donors (Lipinski definition) is 9. The second kappa shape index (κ2) is 54.9. The van der Waals surface area contributed by atoms with Gasteiger partial charge in [0.25, 0.3) is 5.91 Å². The highest BCUT2D eigenvalue weighted by Crippen LogP contribution is 2.42. The number of unbranched alkanes of at least 4 members (excludes halogenated alkanes) is 4. The van der Waals surface area contributed by atoms with Gasteiger partial charge in [0, 0.05) is 109 Å². The molecule has 2 unspecified atom stereocenters. The predicted octanol–water partition coefficient (Wildman–Crippen LogP) is 12.7. The molecule has 11 amide bonds. The molecule has 13 rings (SSSR count). The van der Waals surface area contributed by atoms with Crippen LogP contribution in [0.15, 0.2) is 209 Å². The maximum absolute atomic E-state index is 15.5. The molecular formula is C112H139N13O17S. The Hall–Kier alpha value is -13.9. The van der Waals surface area contributed by atoms with Crippen molar-refractivity contribution in [2.75, 3.05) is 98.8 Å². The van der Waals surface area contributed by atoms with Gasteiger partial charge >= 0.3 is 0 Å². The van der Waals surface area contributed by atoms with E-state index in [0.29, 0.717) is 114 Å². The maximum atomic E-state index is 15.5. The number of fused-ring (bicyclic) bond motifs is 33. The zero-order valence-corrected chi connectivity index (χ0v) is 83.1. The van der Waals surface area contributed by atoms with Gasteiger partial charge in [0.05, 0.1) is 65.7 Å². The number of carbonyl (C=O) groups is 11. The third-order valence-electron chi connectivity index (χ3n) is 25.4. The summed E-state index contributed by atoms with van der Waals surface area (Å²) >= 11 is 1.44. The minimum Gasteiger partial charge on any atom is -0.497 e. The Kier molecular flexibility index (Phi) is 42.0. The molecule has 760 valence electrons. The number of allylic oxidation sites excluding steroid dienone is 1. The minimum atomic E-state index is -0.994. The lowest BCUT2D eigenvalue weighted by molar-refractivity contribution is -0.138. The first-order chi connectivity index (χ1) is 68.5. The maximum Gasteiger partial charge on any atom is 0.251 e. The summed E-state index contributed by atoms with van der Waals surface area (Å²) < 4.78 is 28.8. The lowest BCUT2D eigenvalue weighted by Gasteiger charge is -2.32. The highest BCUT2D eigenvalue weighted by Gasteiger charge is 2.33. The molecule has 5 atom stereocenters. The third-order valence-corrected chi connectivity index (χ3v) is 26.5. The van der Waals surface area contributed by atoms with Crippen molar-refractivity contribution >= 4 is 98.5 Å². The van der Waals surface area contributed by atoms with Crippen LogP contribution in [0.25, 0.3) is 44.2 Å². The Morgan fingerprint density at radius 1 is 0.545 bits per heavy atom. The fraction of sp³-hybridized carbons (Fsp3) is 0.411. The first-order valence-electron chi connectivity index (χ1n) is 49.1. The SMILES string of the molecule is C.C=C(CCCCCC(NC(=O)CCNC(=O)CN1C[C@H](CCCCN)NC(=O)CN(C(=O)Cc2ccc3c(c2)OCO3)C[C@H](CCCCN)NC(=O)CN(C(=O)Cc2ccc3ccccc3c2)CC(Cc2ccccc2)NC(=O)CN(C(=O)Cc2cc(OC)cc(OC)c2)C[C@H](CC(C)C)NC(=O)c2ccc(cc2)CSCCC1=O)C(N)=O)Cc1ccc(-c2c3ccc(=O)cc-3oc3cc(C)ccc23)c(C)c1. The third kappa shape index (κ3) is 33.9. The number of aryl methyl sites for hydroxylation is 2. The largest absolute Gasteiger partial charge is 0.497 e. The second-order valence-corrected chi connectivity index (χ2v) is 38.6.